The van der Waals surface area contributed by atoms with Gasteiger partial charge in [-0.1, -0.05) is 24.0 Å². The number of carbonyl (C=O) groups is 1. The normalized spacial score (nSPS) is 21.7. The predicted molar refractivity (Wildman–Crippen MR) is 100 cm³/mol. The summed E-state index contributed by atoms with van der Waals surface area (Å²) in [4.78, 5) is 24.9. The van der Waals surface area contributed by atoms with Gasteiger partial charge in [-0.25, -0.2) is 0 Å². The lowest BCUT2D eigenvalue weighted by atomic mass is 10.1. The van der Waals surface area contributed by atoms with Crippen molar-refractivity contribution in [3.05, 3.63) is 32.7 Å². The Morgan fingerprint density at radius 1 is 1.58 bits per heavy atom. The number of methoxy groups -OCH3 is 1. The van der Waals surface area contributed by atoms with Crippen LogP contribution in [0.25, 0.3) is 6.08 Å². The van der Waals surface area contributed by atoms with Crippen molar-refractivity contribution in [2.24, 2.45) is 0 Å². The van der Waals surface area contributed by atoms with Crippen molar-refractivity contribution in [2.75, 3.05) is 20.3 Å². The predicted octanol–water partition coefficient (Wildman–Crippen LogP) is 2.69. The lowest BCUT2D eigenvalue weighted by Gasteiger charge is -2.18. The highest BCUT2D eigenvalue weighted by atomic mass is 32.2. The van der Waals surface area contributed by atoms with Crippen LogP contribution in [0.2, 0.25) is 0 Å². The molecule has 1 amide bonds. The van der Waals surface area contributed by atoms with Crippen LogP contribution in [-0.4, -0.2) is 51.5 Å². The first-order valence-corrected chi connectivity index (χ1v) is 9.05. The number of rotatable bonds is 5. The minimum atomic E-state index is -0.710. The molecule has 2 aliphatic heterocycles. The maximum Gasteiger partial charge on any atom is 0.315 e. The van der Waals surface area contributed by atoms with Gasteiger partial charge in [0.2, 0.25) is 5.75 Å². The molecule has 0 aliphatic carbocycles. The van der Waals surface area contributed by atoms with E-state index in [9.17, 15) is 20.0 Å². The van der Waals surface area contributed by atoms with Crippen LogP contribution in [0.4, 0.5) is 5.69 Å². The van der Waals surface area contributed by atoms with Crippen LogP contribution in [-0.2, 0) is 9.53 Å². The second-order valence-corrected chi connectivity index (χ2v) is 7.45. The van der Waals surface area contributed by atoms with Crippen LogP contribution in [0.15, 0.2) is 17.0 Å². The molecule has 0 saturated carbocycles. The van der Waals surface area contributed by atoms with E-state index >= 15 is 0 Å². The van der Waals surface area contributed by atoms with Gasteiger partial charge in [0.05, 0.1) is 29.6 Å². The van der Waals surface area contributed by atoms with Gasteiger partial charge in [0.1, 0.15) is 4.32 Å². The van der Waals surface area contributed by atoms with E-state index in [1.165, 1.54) is 30.2 Å². The standard InChI is InChI=1S/C16H16N2O6S2/c1-23-12-6-9(5-11(14(12)19)18(21)22)7-13-15(20)17(16(25)26-13)8-10-3-2-4-24-10/h5-7,10,19H,2-4,8H2,1H3/b13-7-/t10-/m1/s1. The zero-order valence-electron chi connectivity index (χ0n) is 13.8. The Bertz CT molecular complexity index is 804. The number of hydrogen-bond donors (Lipinski definition) is 1. The molecule has 2 aliphatic rings. The van der Waals surface area contributed by atoms with E-state index in [0.717, 1.165) is 24.6 Å². The number of benzene rings is 1. The van der Waals surface area contributed by atoms with Crippen LogP contribution in [0.5, 0.6) is 11.5 Å². The Morgan fingerprint density at radius 2 is 2.35 bits per heavy atom. The molecule has 0 unspecified atom stereocenters. The van der Waals surface area contributed by atoms with E-state index in [1.807, 2.05) is 0 Å². The minimum Gasteiger partial charge on any atom is -0.500 e. The molecule has 2 heterocycles. The fourth-order valence-electron chi connectivity index (χ4n) is 2.79. The number of carbonyl (C=O) groups excluding carboxylic acids is 1. The minimum absolute atomic E-state index is 0.0216. The lowest BCUT2D eigenvalue weighted by molar-refractivity contribution is -0.386. The van der Waals surface area contributed by atoms with Crippen LogP contribution in [0.1, 0.15) is 18.4 Å². The van der Waals surface area contributed by atoms with Crippen molar-refractivity contribution in [3.8, 4) is 11.5 Å². The van der Waals surface area contributed by atoms with E-state index in [1.54, 1.807) is 0 Å². The van der Waals surface area contributed by atoms with Gasteiger partial charge in [-0.15, -0.1) is 0 Å². The molecular formula is C16H16N2O6S2. The molecular weight excluding hydrogens is 380 g/mol. The third-order valence-electron chi connectivity index (χ3n) is 4.08. The Balaban J connectivity index is 1.88. The number of hydrogen-bond acceptors (Lipinski definition) is 8. The Hall–Kier alpha value is -2.17. The average molecular weight is 396 g/mol. The highest BCUT2D eigenvalue weighted by molar-refractivity contribution is 8.26. The maximum atomic E-state index is 12.6. The molecule has 2 fully saturated rings. The van der Waals surface area contributed by atoms with Crippen molar-refractivity contribution in [2.45, 2.75) is 18.9 Å². The molecule has 1 N–H and O–H groups in total. The number of nitro groups is 1. The number of phenolic OH excluding ortho intramolecular Hbond substituents is 1. The maximum absolute atomic E-state index is 12.6. The molecule has 0 radical (unpaired) electrons. The number of nitro benzene ring substituents is 1. The smallest absolute Gasteiger partial charge is 0.315 e. The summed E-state index contributed by atoms with van der Waals surface area (Å²) in [5.41, 5.74) is -0.130. The SMILES string of the molecule is COc1cc(/C=C2\SC(=S)N(C[C@H]3CCCO3)C2=O)cc([N+](=O)[O-])c1O. The molecule has 26 heavy (non-hydrogen) atoms. The van der Waals surface area contributed by atoms with Gasteiger partial charge < -0.3 is 14.6 Å². The monoisotopic (exact) mass is 396 g/mol. The van der Waals surface area contributed by atoms with Gasteiger partial charge in [0, 0.05) is 12.7 Å². The molecule has 2 saturated heterocycles. The summed E-state index contributed by atoms with van der Waals surface area (Å²) in [5, 5.41) is 20.9. The molecule has 138 valence electrons. The number of phenols is 1. The van der Waals surface area contributed by atoms with Gasteiger partial charge >= 0.3 is 5.69 Å². The molecule has 1 atom stereocenters. The molecule has 3 rings (SSSR count). The lowest BCUT2D eigenvalue weighted by Crippen LogP contribution is -2.35. The van der Waals surface area contributed by atoms with Crippen LogP contribution in [0.3, 0.4) is 0 Å². The highest BCUT2D eigenvalue weighted by Crippen LogP contribution is 2.39. The number of thioether (sulfide) groups is 1. The molecule has 8 nitrogen and oxygen atoms in total. The van der Waals surface area contributed by atoms with Gasteiger partial charge in [-0.2, -0.15) is 0 Å². The van der Waals surface area contributed by atoms with Gasteiger partial charge in [0.15, 0.2) is 5.75 Å². The molecule has 0 aromatic heterocycles. The molecule has 1 aromatic carbocycles. The highest BCUT2D eigenvalue weighted by Gasteiger charge is 2.34. The van der Waals surface area contributed by atoms with Crippen molar-refractivity contribution in [1.29, 1.82) is 0 Å². The molecule has 0 spiro atoms. The molecule has 1 aromatic rings. The summed E-state index contributed by atoms with van der Waals surface area (Å²) in [6.07, 6.45) is 3.33. The number of thiocarbonyl (C=S) groups is 1. The van der Waals surface area contributed by atoms with Crippen LogP contribution >= 0.6 is 24.0 Å². The topological polar surface area (TPSA) is 102 Å². The third kappa shape index (κ3) is 3.67. The Morgan fingerprint density at radius 3 is 2.96 bits per heavy atom. The summed E-state index contributed by atoms with van der Waals surface area (Å²) in [5.74, 6) is -0.855. The molecule has 10 heteroatoms. The van der Waals surface area contributed by atoms with Crippen molar-refractivity contribution in [3.63, 3.8) is 0 Å². The van der Waals surface area contributed by atoms with Crippen molar-refractivity contribution >= 4 is 46.0 Å². The van der Waals surface area contributed by atoms with E-state index < -0.39 is 16.4 Å². The zero-order chi connectivity index (χ0) is 18.8. The quantitative estimate of drug-likeness (QED) is 0.351. The van der Waals surface area contributed by atoms with E-state index in [2.05, 4.69) is 0 Å². The number of aromatic hydroxyl groups is 1. The largest absolute Gasteiger partial charge is 0.500 e. The first-order chi connectivity index (χ1) is 12.4. The van der Waals surface area contributed by atoms with E-state index in [-0.39, 0.29) is 17.8 Å². The summed E-state index contributed by atoms with van der Waals surface area (Å²) >= 11 is 6.41. The summed E-state index contributed by atoms with van der Waals surface area (Å²) in [7, 11) is 1.30. The van der Waals surface area contributed by atoms with Gasteiger partial charge in [-0.05, 0) is 30.5 Å². The summed E-state index contributed by atoms with van der Waals surface area (Å²) in [6, 6.07) is 2.61. The van der Waals surface area contributed by atoms with Crippen molar-refractivity contribution < 1.29 is 24.3 Å². The Labute approximate surface area is 158 Å². The van der Waals surface area contributed by atoms with E-state index in [4.69, 9.17) is 21.7 Å². The second-order valence-electron chi connectivity index (χ2n) is 5.78. The van der Waals surface area contributed by atoms with Gasteiger partial charge in [0.25, 0.3) is 5.91 Å². The first-order valence-electron chi connectivity index (χ1n) is 7.83. The van der Waals surface area contributed by atoms with Crippen LogP contribution < -0.4 is 4.74 Å². The first kappa shape index (κ1) is 18.6. The zero-order valence-corrected chi connectivity index (χ0v) is 15.5. The fourth-order valence-corrected chi connectivity index (χ4v) is 4.07. The fraction of sp³-hybridized carbons (Fsp3) is 0.375. The number of nitrogens with zero attached hydrogens (tertiary/aromatic N) is 2. The Kier molecular flexibility index (Phi) is 5.44. The third-order valence-corrected chi connectivity index (χ3v) is 5.45. The van der Waals surface area contributed by atoms with Gasteiger partial charge in [-0.3, -0.25) is 19.8 Å². The number of amides is 1. The second kappa shape index (κ2) is 7.60. The summed E-state index contributed by atoms with van der Waals surface area (Å²) < 4.78 is 10.9. The van der Waals surface area contributed by atoms with E-state index in [0.29, 0.717) is 27.9 Å². The molecule has 0 bridgehead atoms. The van der Waals surface area contributed by atoms with Crippen molar-refractivity contribution in [1.82, 2.24) is 4.90 Å². The average Bonchev–Trinajstić information content (AvgIpc) is 3.20. The summed E-state index contributed by atoms with van der Waals surface area (Å²) in [6.45, 7) is 1.09. The van der Waals surface area contributed by atoms with Crippen LogP contribution in [0, 0.1) is 10.1 Å². The number of ether oxygens (including phenoxy) is 2.